The zero-order valence-electron chi connectivity index (χ0n) is 19.4. The molecule has 1 heterocycles. The number of anilines is 1. The summed E-state index contributed by atoms with van der Waals surface area (Å²) < 4.78 is 28.8. The number of nitrogens with one attached hydrogen (secondary N) is 2. The molecular weight excluding hydrogens is 422 g/mol. The van der Waals surface area contributed by atoms with Crippen LogP contribution in [0.5, 0.6) is 0 Å². The number of benzene rings is 2. The first-order valence-corrected chi connectivity index (χ1v) is 13.0. The minimum Gasteiger partial charge on any atom is -0.352 e. The summed E-state index contributed by atoms with van der Waals surface area (Å²) in [5, 5.41) is 2.94. The number of likely N-dealkylation sites (tertiary alicyclic amines) is 1. The Balaban J connectivity index is 1.63. The standard InChI is InChI=1S/C25H35N3O3S/c1-19-9-10-20(2)23(17-19)27-32(30,31)24-18-22(12-11-21(24)3)25(29)26-13-8-16-28-14-6-4-5-7-15-28/h9-12,17-18,27H,4-8,13-16H2,1-3H3,(H,26,29). The predicted molar refractivity (Wildman–Crippen MR) is 130 cm³/mol. The van der Waals surface area contributed by atoms with Crippen molar-refractivity contribution in [2.75, 3.05) is 30.9 Å². The molecule has 1 fully saturated rings. The van der Waals surface area contributed by atoms with Gasteiger partial charge in [-0.1, -0.05) is 31.0 Å². The summed E-state index contributed by atoms with van der Waals surface area (Å²) in [4.78, 5) is 15.2. The molecule has 0 bridgehead atoms. The molecule has 0 atom stereocenters. The average Bonchev–Trinajstić information content (AvgIpc) is 3.02. The third kappa shape index (κ3) is 6.56. The first-order chi connectivity index (χ1) is 15.3. The third-order valence-electron chi connectivity index (χ3n) is 6.01. The topological polar surface area (TPSA) is 78.5 Å². The molecule has 0 radical (unpaired) electrons. The Kier molecular flexibility index (Phi) is 8.32. The van der Waals surface area contributed by atoms with E-state index in [-0.39, 0.29) is 10.8 Å². The number of carbonyl (C=O) groups is 1. The number of amides is 1. The molecule has 174 valence electrons. The van der Waals surface area contributed by atoms with Crippen LogP contribution in [-0.2, 0) is 10.0 Å². The van der Waals surface area contributed by atoms with E-state index in [4.69, 9.17) is 0 Å². The second kappa shape index (κ2) is 11.0. The van der Waals surface area contributed by atoms with Crippen LogP contribution >= 0.6 is 0 Å². The fraction of sp³-hybridized carbons (Fsp3) is 0.480. The van der Waals surface area contributed by atoms with Gasteiger partial charge in [-0.15, -0.1) is 0 Å². The Morgan fingerprint density at radius 1 is 0.938 bits per heavy atom. The summed E-state index contributed by atoms with van der Waals surface area (Å²) in [6, 6.07) is 10.5. The van der Waals surface area contributed by atoms with Gasteiger partial charge in [0.05, 0.1) is 10.6 Å². The van der Waals surface area contributed by atoms with Crippen LogP contribution in [0.2, 0.25) is 0 Å². The van der Waals surface area contributed by atoms with Crippen molar-refractivity contribution >= 4 is 21.6 Å². The number of sulfonamides is 1. The van der Waals surface area contributed by atoms with Crippen molar-refractivity contribution in [3.63, 3.8) is 0 Å². The van der Waals surface area contributed by atoms with Crippen LogP contribution in [-0.4, -0.2) is 45.4 Å². The molecule has 1 saturated heterocycles. The summed E-state index contributed by atoms with van der Waals surface area (Å²) in [7, 11) is -3.82. The highest BCUT2D eigenvalue weighted by Crippen LogP contribution is 2.24. The monoisotopic (exact) mass is 457 g/mol. The maximum atomic E-state index is 13.1. The van der Waals surface area contributed by atoms with Crippen molar-refractivity contribution in [1.82, 2.24) is 10.2 Å². The van der Waals surface area contributed by atoms with Crippen molar-refractivity contribution in [2.45, 2.75) is 57.8 Å². The molecule has 0 unspecified atom stereocenters. The molecule has 32 heavy (non-hydrogen) atoms. The van der Waals surface area contributed by atoms with Crippen molar-refractivity contribution in [3.05, 3.63) is 58.7 Å². The highest BCUT2D eigenvalue weighted by molar-refractivity contribution is 7.92. The number of hydrogen-bond donors (Lipinski definition) is 2. The van der Waals surface area contributed by atoms with Crippen molar-refractivity contribution in [1.29, 1.82) is 0 Å². The van der Waals surface area contributed by atoms with E-state index in [1.54, 1.807) is 19.1 Å². The summed E-state index contributed by atoms with van der Waals surface area (Å²) in [5.41, 5.74) is 3.31. The van der Waals surface area contributed by atoms with E-state index in [0.717, 1.165) is 37.2 Å². The average molecular weight is 458 g/mol. The number of carbonyl (C=O) groups excluding carboxylic acids is 1. The quantitative estimate of drug-likeness (QED) is 0.576. The van der Waals surface area contributed by atoms with Gasteiger partial charge in [0.15, 0.2) is 0 Å². The van der Waals surface area contributed by atoms with E-state index in [1.807, 2.05) is 32.0 Å². The molecule has 1 aliphatic heterocycles. The normalized spacial score (nSPS) is 15.2. The fourth-order valence-corrected chi connectivity index (χ4v) is 5.44. The molecule has 1 amide bonds. The van der Waals surface area contributed by atoms with E-state index < -0.39 is 10.0 Å². The van der Waals surface area contributed by atoms with Gasteiger partial charge in [0.25, 0.3) is 15.9 Å². The lowest BCUT2D eigenvalue weighted by molar-refractivity contribution is 0.0951. The minimum atomic E-state index is -3.82. The maximum absolute atomic E-state index is 13.1. The molecule has 0 aliphatic carbocycles. The van der Waals surface area contributed by atoms with E-state index in [1.165, 1.54) is 31.7 Å². The Labute approximate surface area is 192 Å². The van der Waals surface area contributed by atoms with Crippen LogP contribution in [0, 0.1) is 20.8 Å². The molecule has 0 saturated carbocycles. The van der Waals surface area contributed by atoms with Crippen LogP contribution in [0.3, 0.4) is 0 Å². The van der Waals surface area contributed by atoms with E-state index in [2.05, 4.69) is 14.9 Å². The molecule has 2 aromatic carbocycles. The fourth-order valence-electron chi connectivity index (χ4n) is 4.04. The molecule has 2 N–H and O–H groups in total. The smallest absolute Gasteiger partial charge is 0.262 e. The molecule has 2 aromatic rings. The van der Waals surface area contributed by atoms with Gasteiger partial charge in [0.2, 0.25) is 0 Å². The zero-order valence-corrected chi connectivity index (χ0v) is 20.2. The van der Waals surface area contributed by atoms with Gasteiger partial charge < -0.3 is 10.2 Å². The van der Waals surface area contributed by atoms with Gasteiger partial charge in [-0.3, -0.25) is 9.52 Å². The second-order valence-corrected chi connectivity index (χ2v) is 10.4. The van der Waals surface area contributed by atoms with Gasteiger partial charge in [0.1, 0.15) is 0 Å². The van der Waals surface area contributed by atoms with Gasteiger partial charge in [-0.2, -0.15) is 0 Å². The van der Waals surface area contributed by atoms with Crippen molar-refractivity contribution < 1.29 is 13.2 Å². The summed E-state index contributed by atoms with van der Waals surface area (Å²) >= 11 is 0. The number of nitrogens with zero attached hydrogens (tertiary/aromatic N) is 1. The molecule has 1 aliphatic rings. The van der Waals surface area contributed by atoms with E-state index in [9.17, 15) is 13.2 Å². The summed E-state index contributed by atoms with van der Waals surface area (Å²) in [6.45, 7) is 9.35. The third-order valence-corrected chi connectivity index (χ3v) is 7.52. The van der Waals surface area contributed by atoms with Gasteiger partial charge >= 0.3 is 0 Å². The van der Waals surface area contributed by atoms with E-state index >= 15 is 0 Å². The maximum Gasteiger partial charge on any atom is 0.262 e. The number of hydrogen-bond acceptors (Lipinski definition) is 4. The second-order valence-electron chi connectivity index (χ2n) is 8.77. The Morgan fingerprint density at radius 2 is 1.62 bits per heavy atom. The largest absolute Gasteiger partial charge is 0.352 e. The Bertz CT molecular complexity index is 1040. The molecular formula is C25H35N3O3S. The SMILES string of the molecule is Cc1ccc(C)c(NS(=O)(=O)c2cc(C(=O)NCCCN3CCCCCC3)ccc2C)c1. The van der Waals surface area contributed by atoms with Crippen LogP contribution in [0.25, 0.3) is 0 Å². The lowest BCUT2D eigenvalue weighted by Crippen LogP contribution is -2.30. The zero-order chi connectivity index (χ0) is 23.1. The Morgan fingerprint density at radius 3 is 2.34 bits per heavy atom. The van der Waals surface area contributed by atoms with E-state index in [0.29, 0.717) is 23.4 Å². The molecule has 6 nitrogen and oxygen atoms in total. The Hall–Kier alpha value is -2.38. The molecule has 7 heteroatoms. The van der Waals surface area contributed by atoms with Crippen LogP contribution in [0.1, 0.15) is 59.2 Å². The van der Waals surface area contributed by atoms with Crippen molar-refractivity contribution in [3.8, 4) is 0 Å². The molecule has 0 spiro atoms. The predicted octanol–water partition coefficient (Wildman–Crippen LogP) is 4.41. The summed E-state index contributed by atoms with van der Waals surface area (Å²) in [6.07, 6.45) is 6.01. The molecule has 3 rings (SSSR count). The van der Waals surface area contributed by atoms with Gasteiger partial charge in [-0.05, 0) is 94.6 Å². The number of rotatable bonds is 8. The van der Waals surface area contributed by atoms with Crippen LogP contribution < -0.4 is 10.0 Å². The highest BCUT2D eigenvalue weighted by atomic mass is 32.2. The lowest BCUT2D eigenvalue weighted by Gasteiger charge is -2.19. The van der Waals surface area contributed by atoms with Gasteiger partial charge in [-0.25, -0.2) is 8.42 Å². The molecule has 0 aromatic heterocycles. The van der Waals surface area contributed by atoms with Crippen molar-refractivity contribution in [2.24, 2.45) is 0 Å². The van der Waals surface area contributed by atoms with Crippen LogP contribution in [0.4, 0.5) is 5.69 Å². The van der Waals surface area contributed by atoms with Gasteiger partial charge in [0, 0.05) is 12.1 Å². The first kappa shape index (κ1) is 24.3. The highest BCUT2D eigenvalue weighted by Gasteiger charge is 2.20. The summed E-state index contributed by atoms with van der Waals surface area (Å²) in [5.74, 6) is -0.246. The number of aryl methyl sites for hydroxylation is 3. The lowest BCUT2D eigenvalue weighted by atomic mass is 10.1. The van der Waals surface area contributed by atoms with Crippen LogP contribution in [0.15, 0.2) is 41.3 Å². The first-order valence-electron chi connectivity index (χ1n) is 11.5. The minimum absolute atomic E-state index is 0.121.